The first-order valence-electron chi connectivity index (χ1n) is 7.42. The number of rotatable bonds is 9. The lowest BCUT2D eigenvalue weighted by Crippen LogP contribution is -2.42. The highest BCUT2D eigenvalue weighted by Gasteiger charge is 2.17. The van der Waals surface area contributed by atoms with E-state index in [1.807, 2.05) is 13.8 Å². The summed E-state index contributed by atoms with van der Waals surface area (Å²) in [6, 6.07) is 3.09. The Balaban J connectivity index is 2.97. The molecule has 0 heterocycles. The van der Waals surface area contributed by atoms with Crippen LogP contribution in [0.2, 0.25) is 5.02 Å². The van der Waals surface area contributed by atoms with E-state index in [9.17, 15) is 9.90 Å². The predicted octanol–water partition coefficient (Wildman–Crippen LogP) is 1.10. The van der Waals surface area contributed by atoms with Gasteiger partial charge in [-0.05, 0) is 6.07 Å². The molecule has 1 unspecified atom stereocenters. The number of hydrogen-bond donors (Lipinski definition) is 4. The number of methoxy groups -OCH3 is 1. The minimum absolute atomic E-state index is 0.129. The van der Waals surface area contributed by atoms with Crippen molar-refractivity contribution >= 4 is 23.2 Å². The number of hydrogen-bond acceptors (Lipinski definition) is 6. The Morgan fingerprint density at radius 1 is 1.39 bits per heavy atom. The van der Waals surface area contributed by atoms with Crippen molar-refractivity contribution in [2.45, 2.75) is 20.0 Å². The molecule has 0 radical (unpaired) electrons. The lowest BCUT2D eigenvalue weighted by atomic mass is 10.1. The monoisotopic (exact) mass is 345 g/mol. The number of anilines is 1. The molecule has 1 atom stereocenters. The second-order valence-corrected chi connectivity index (χ2v) is 5.27. The Morgan fingerprint density at radius 2 is 2.04 bits per heavy atom. The van der Waals surface area contributed by atoms with Crippen molar-refractivity contribution in [2.75, 3.05) is 38.7 Å². The van der Waals surface area contributed by atoms with E-state index >= 15 is 0 Å². The number of benzene rings is 1. The number of aliphatic hydroxyl groups is 2. The summed E-state index contributed by atoms with van der Waals surface area (Å²) in [6.07, 6.45) is -0.900. The van der Waals surface area contributed by atoms with E-state index in [0.717, 1.165) is 0 Å². The molecule has 0 aliphatic heterocycles. The normalized spacial score (nSPS) is 12.1. The second kappa shape index (κ2) is 9.57. The average Bonchev–Trinajstić information content (AvgIpc) is 2.57. The first-order valence-corrected chi connectivity index (χ1v) is 7.80. The van der Waals surface area contributed by atoms with Gasteiger partial charge in [0.25, 0.3) is 5.91 Å². The topological polar surface area (TPSA) is 94.1 Å². The van der Waals surface area contributed by atoms with Crippen molar-refractivity contribution in [2.24, 2.45) is 0 Å². The molecule has 130 valence electrons. The summed E-state index contributed by atoms with van der Waals surface area (Å²) < 4.78 is 5.25. The smallest absolute Gasteiger partial charge is 0.269 e. The van der Waals surface area contributed by atoms with Gasteiger partial charge >= 0.3 is 0 Å². The van der Waals surface area contributed by atoms with Gasteiger partial charge in [0.1, 0.15) is 5.75 Å². The molecule has 0 aromatic heterocycles. The molecule has 4 N–H and O–H groups in total. The van der Waals surface area contributed by atoms with Crippen LogP contribution in [0.15, 0.2) is 12.1 Å². The van der Waals surface area contributed by atoms with Gasteiger partial charge in [-0.1, -0.05) is 25.4 Å². The average molecular weight is 346 g/mol. The van der Waals surface area contributed by atoms with E-state index in [4.69, 9.17) is 21.4 Å². The molecule has 0 saturated carbocycles. The number of nitrogens with one attached hydrogen (secondary N) is 2. The van der Waals surface area contributed by atoms with Crippen LogP contribution < -0.4 is 15.5 Å². The van der Waals surface area contributed by atoms with Gasteiger partial charge in [0.15, 0.2) is 0 Å². The summed E-state index contributed by atoms with van der Waals surface area (Å²) in [7, 11) is 1.46. The number of ether oxygens (including phenoxy) is 1. The van der Waals surface area contributed by atoms with Crippen molar-refractivity contribution in [1.82, 2.24) is 10.4 Å². The lowest BCUT2D eigenvalue weighted by Gasteiger charge is -2.21. The van der Waals surface area contributed by atoms with E-state index in [2.05, 4.69) is 10.7 Å². The van der Waals surface area contributed by atoms with Crippen LogP contribution in [0.4, 0.5) is 5.69 Å². The SMILES string of the molecule is CCN(CC)NC(=O)c1cc(Cl)c(NCC(O)CO)cc1OC. The zero-order chi connectivity index (χ0) is 17.4. The highest BCUT2D eigenvalue weighted by molar-refractivity contribution is 6.33. The summed E-state index contributed by atoms with van der Waals surface area (Å²) in [5.41, 5.74) is 3.60. The summed E-state index contributed by atoms with van der Waals surface area (Å²) in [4.78, 5) is 12.3. The van der Waals surface area contributed by atoms with E-state index < -0.39 is 6.10 Å². The molecule has 1 amide bonds. The van der Waals surface area contributed by atoms with Crippen LogP contribution >= 0.6 is 11.6 Å². The van der Waals surface area contributed by atoms with Crippen LogP contribution in [0.5, 0.6) is 5.75 Å². The van der Waals surface area contributed by atoms with Crippen LogP contribution in [-0.2, 0) is 0 Å². The van der Waals surface area contributed by atoms with Crippen molar-refractivity contribution in [3.8, 4) is 5.75 Å². The molecule has 0 saturated heterocycles. The van der Waals surface area contributed by atoms with Crippen LogP contribution in [0.3, 0.4) is 0 Å². The van der Waals surface area contributed by atoms with E-state index in [-0.39, 0.29) is 19.1 Å². The van der Waals surface area contributed by atoms with Crippen LogP contribution in [-0.4, -0.2) is 60.6 Å². The first kappa shape index (κ1) is 19.5. The number of carbonyl (C=O) groups excluding carboxylic acids is 1. The Hall–Kier alpha value is -1.54. The summed E-state index contributed by atoms with van der Waals surface area (Å²) in [5.74, 6) is 0.0504. The largest absolute Gasteiger partial charge is 0.496 e. The molecular weight excluding hydrogens is 322 g/mol. The molecule has 1 rings (SSSR count). The summed E-state index contributed by atoms with van der Waals surface area (Å²) >= 11 is 6.18. The fourth-order valence-electron chi connectivity index (χ4n) is 1.91. The maximum Gasteiger partial charge on any atom is 0.269 e. The van der Waals surface area contributed by atoms with Crippen molar-refractivity contribution in [3.05, 3.63) is 22.7 Å². The molecule has 7 nitrogen and oxygen atoms in total. The van der Waals surface area contributed by atoms with E-state index in [1.54, 1.807) is 11.1 Å². The van der Waals surface area contributed by atoms with Crippen LogP contribution in [0.25, 0.3) is 0 Å². The zero-order valence-corrected chi connectivity index (χ0v) is 14.4. The van der Waals surface area contributed by atoms with Crippen LogP contribution in [0.1, 0.15) is 24.2 Å². The number of carbonyl (C=O) groups is 1. The highest BCUT2D eigenvalue weighted by Crippen LogP contribution is 2.31. The van der Waals surface area contributed by atoms with Crippen molar-refractivity contribution < 1.29 is 19.7 Å². The maximum absolute atomic E-state index is 12.3. The Morgan fingerprint density at radius 3 is 2.57 bits per heavy atom. The Bertz CT molecular complexity index is 524. The predicted molar refractivity (Wildman–Crippen MR) is 90.0 cm³/mol. The molecule has 0 aliphatic carbocycles. The van der Waals surface area contributed by atoms with E-state index in [1.165, 1.54) is 13.2 Å². The number of amides is 1. The molecule has 0 spiro atoms. The number of halogens is 1. The third kappa shape index (κ3) is 5.54. The second-order valence-electron chi connectivity index (χ2n) is 4.86. The molecule has 0 aliphatic rings. The highest BCUT2D eigenvalue weighted by atomic mass is 35.5. The van der Waals surface area contributed by atoms with Gasteiger partial charge in [-0.3, -0.25) is 10.2 Å². The van der Waals surface area contributed by atoms with Gasteiger partial charge in [0, 0.05) is 25.7 Å². The molecule has 1 aromatic rings. The molecule has 1 aromatic carbocycles. The number of aliphatic hydroxyl groups excluding tert-OH is 2. The van der Waals surface area contributed by atoms with Crippen LogP contribution in [0, 0.1) is 0 Å². The number of hydrazine groups is 1. The molecule has 23 heavy (non-hydrogen) atoms. The van der Waals surface area contributed by atoms with Gasteiger partial charge < -0.3 is 20.3 Å². The zero-order valence-electron chi connectivity index (χ0n) is 13.6. The number of nitrogens with zero attached hydrogens (tertiary/aromatic N) is 1. The fraction of sp³-hybridized carbons (Fsp3) is 0.533. The third-order valence-corrected chi connectivity index (χ3v) is 3.61. The quantitative estimate of drug-likeness (QED) is 0.501. The van der Waals surface area contributed by atoms with Crippen molar-refractivity contribution in [1.29, 1.82) is 0 Å². The Labute approximate surface area is 141 Å². The van der Waals surface area contributed by atoms with Crippen molar-refractivity contribution in [3.63, 3.8) is 0 Å². The molecule has 8 heteroatoms. The Kier molecular flexibility index (Phi) is 8.11. The van der Waals surface area contributed by atoms with Gasteiger partial charge in [0.2, 0.25) is 0 Å². The van der Waals surface area contributed by atoms with Gasteiger partial charge in [-0.2, -0.15) is 0 Å². The van der Waals surface area contributed by atoms with Gasteiger partial charge in [-0.15, -0.1) is 0 Å². The standard InChI is InChI=1S/C15H24ClN3O4/c1-4-19(5-2)18-15(22)11-6-12(16)13(7-14(11)23-3)17-8-10(21)9-20/h6-7,10,17,20-21H,4-5,8-9H2,1-3H3,(H,18,22). The minimum Gasteiger partial charge on any atom is -0.496 e. The summed E-state index contributed by atoms with van der Waals surface area (Å²) in [5, 5.41) is 23.2. The first-order chi connectivity index (χ1) is 11.0. The molecule has 0 bridgehead atoms. The lowest BCUT2D eigenvalue weighted by molar-refractivity contribution is 0.0802. The summed E-state index contributed by atoms with van der Waals surface area (Å²) in [6.45, 7) is 5.01. The third-order valence-electron chi connectivity index (χ3n) is 3.30. The fourth-order valence-corrected chi connectivity index (χ4v) is 2.14. The van der Waals surface area contributed by atoms with Gasteiger partial charge in [0.05, 0.1) is 36.1 Å². The molecular formula is C15H24ClN3O4. The van der Waals surface area contributed by atoms with Gasteiger partial charge in [-0.25, -0.2) is 5.01 Å². The minimum atomic E-state index is -0.900. The maximum atomic E-state index is 12.3. The molecule has 0 fully saturated rings. The van der Waals surface area contributed by atoms with E-state index in [0.29, 0.717) is 35.1 Å².